The van der Waals surface area contributed by atoms with Gasteiger partial charge < -0.3 is 14.9 Å². The molecule has 1 aromatic carbocycles. The number of thiophene rings is 1. The largest absolute Gasteiger partial charge is 0.378 e. The molecule has 1 aliphatic rings. The van der Waals surface area contributed by atoms with Crippen molar-refractivity contribution in [3.63, 3.8) is 0 Å². The van der Waals surface area contributed by atoms with Gasteiger partial charge in [0.1, 0.15) is 5.60 Å². The first-order valence-corrected chi connectivity index (χ1v) is 12.0. The van der Waals surface area contributed by atoms with Crippen molar-refractivity contribution in [2.24, 2.45) is 5.92 Å². The second kappa shape index (κ2) is 10.8. The van der Waals surface area contributed by atoms with E-state index < -0.39 is 5.60 Å². The molecule has 1 N–H and O–H groups in total. The molecule has 3 nitrogen and oxygen atoms in total. The lowest BCUT2D eigenvalue weighted by atomic mass is 9.97. The van der Waals surface area contributed by atoms with Crippen LogP contribution in [0.1, 0.15) is 42.0 Å². The second-order valence-electron chi connectivity index (χ2n) is 8.96. The summed E-state index contributed by atoms with van der Waals surface area (Å²) in [5, 5.41) is 10.6. The van der Waals surface area contributed by atoms with Gasteiger partial charge in [0.25, 0.3) is 0 Å². The second-order valence-corrected chi connectivity index (χ2v) is 10.6. The van der Waals surface area contributed by atoms with Crippen LogP contribution in [0.2, 0.25) is 5.02 Å². The number of aliphatic hydroxyl groups is 1. The van der Waals surface area contributed by atoms with Gasteiger partial charge in [-0.15, -0.1) is 11.3 Å². The number of likely N-dealkylation sites (tertiary alicyclic amines) is 1. The van der Waals surface area contributed by atoms with Crippen LogP contribution in [0.5, 0.6) is 0 Å². The SMILES string of the molecule is CN(Cc1ccc(C#CC(C)(C)O)s1)CC1CCCN(CCc2ccc(Cl)cc2)C1. The Morgan fingerprint density at radius 2 is 2.00 bits per heavy atom. The molecule has 1 unspecified atom stereocenters. The molecule has 3 rings (SSSR count). The Balaban J connectivity index is 1.44. The fraction of sp³-hybridized carbons (Fsp3) is 0.520. The van der Waals surface area contributed by atoms with E-state index >= 15 is 0 Å². The average molecular weight is 445 g/mol. The van der Waals surface area contributed by atoms with Gasteiger partial charge >= 0.3 is 0 Å². The minimum atomic E-state index is -0.943. The van der Waals surface area contributed by atoms with Gasteiger partial charge in [-0.1, -0.05) is 35.6 Å². The topological polar surface area (TPSA) is 26.7 Å². The van der Waals surface area contributed by atoms with Crippen molar-refractivity contribution >= 4 is 22.9 Å². The van der Waals surface area contributed by atoms with E-state index in [0.29, 0.717) is 0 Å². The molecule has 1 atom stereocenters. The highest BCUT2D eigenvalue weighted by Crippen LogP contribution is 2.21. The molecule has 0 saturated carbocycles. The lowest BCUT2D eigenvalue weighted by Gasteiger charge is -2.34. The van der Waals surface area contributed by atoms with Crippen LogP contribution in [0, 0.1) is 17.8 Å². The summed E-state index contributed by atoms with van der Waals surface area (Å²) in [6.07, 6.45) is 3.69. The zero-order chi connectivity index (χ0) is 21.6. The van der Waals surface area contributed by atoms with E-state index in [0.717, 1.165) is 41.9 Å². The van der Waals surface area contributed by atoms with E-state index in [1.165, 1.54) is 36.4 Å². The Bertz CT molecular complexity index is 860. The number of halogens is 1. The Kier molecular flexibility index (Phi) is 8.39. The molecular weight excluding hydrogens is 412 g/mol. The smallest absolute Gasteiger partial charge is 0.120 e. The van der Waals surface area contributed by atoms with E-state index in [9.17, 15) is 5.11 Å². The minimum absolute atomic E-state index is 0.725. The van der Waals surface area contributed by atoms with Crippen LogP contribution in [0.15, 0.2) is 36.4 Å². The van der Waals surface area contributed by atoms with Crippen molar-refractivity contribution in [3.8, 4) is 11.8 Å². The molecule has 1 aliphatic heterocycles. The summed E-state index contributed by atoms with van der Waals surface area (Å²) in [5.41, 5.74) is 0.418. The van der Waals surface area contributed by atoms with Crippen molar-refractivity contribution < 1.29 is 5.11 Å². The first-order valence-electron chi connectivity index (χ1n) is 10.8. The van der Waals surface area contributed by atoms with Gasteiger partial charge in [-0.3, -0.25) is 0 Å². The highest BCUT2D eigenvalue weighted by Gasteiger charge is 2.21. The summed E-state index contributed by atoms with van der Waals surface area (Å²) >= 11 is 7.72. The molecule has 2 aromatic rings. The fourth-order valence-corrected chi connectivity index (χ4v) is 5.03. The molecule has 2 heterocycles. The maximum absolute atomic E-state index is 9.76. The highest BCUT2D eigenvalue weighted by atomic mass is 35.5. The molecule has 5 heteroatoms. The number of benzene rings is 1. The molecular formula is C25H33ClN2OS. The summed E-state index contributed by atoms with van der Waals surface area (Å²) in [4.78, 5) is 7.40. The van der Waals surface area contributed by atoms with Gasteiger partial charge in [-0.05, 0) is 82.4 Å². The van der Waals surface area contributed by atoms with Gasteiger partial charge in [0, 0.05) is 36.1 Å². The Morgan fingerprint density at radius 1 is 1.23 bits per heavy atom. The van der Waals surface area contributed by atoms with Crippen LogP contribution < -0.4 is 0 Å². The summed E-state index contributed by atoms with van der Waals surface area (Å²) in [6.45, 7) is 9.02. The normalized spacial score (nSPS) is 17.7. The maximum Gasteiger partial charge on any atom is 0.120 e. The highest BCUT2D eigenvalue weighted by molar-refractivity contribution is 7.12. The predicted octanol–water partition coefficient (Wildman–Crippen LogP) is 4.91. The van der Waals surface area contributed by atoms with E-state index in [-0.39, 0.29) is 0 Å². The van der Waals surface area contributed by atoms with Crippen LogP contribution in [0.3, 0.4) is 0 Å². The maximum atomic E-state index is 9.76. The minimum Gasteiger partial charge on any atom is -0.378 e. The van der Waals surface area contributed by atoms with Crippen molar-refractivity contribution in [1.82, 2.24) is 9.80 Å². The molecule has 1 fully saturated rings. The summed E-state index contributed by atoms with van der Waals surface area (Å²) in [7, 11) is 2.22. The zero-order valence-corrected chi connectivity index (χ0v) is 19.9. The van der Waals surface area contributed by atoms with E-state index in [1.807, 2.05) is 12.1 Å². The summed E-state index contributed by atoms with van der Waals surface area (Å²) in [6, 6.07) is 12.5. The number of rotatable bonds is 7. The predicted molar refractivity (Wildman–Crippen MR) is 128 cm³/mol. The molecule has 0 aliphatic carbocycles. The Hall–Kier alpha value is -1.35. The van der Waals surface area contributed by atoms with Crippen molar-refractivity contribution in [3.05, 3.63) is 56.7 Å². The zero-order valence-electron chi connectivity index (χ0n) is 18.3. The Labute approximate surface area is 190 Å². The first-order chi connectivity index (χ1) is 14.3. The summed E-state index contributed by atoms with van der Waals surface area (Å²) < 4.78 is 0. The molecule has 0 bridgehead atoms. The van der Waals surface area contributed by atoms with Gasteiger partial charge in [0.15, 0.2) is 0 Å². The van der Waals surface area contributed by atoms with E-state index in [1.54, 1.807) is 25.2 Å². The Morgan fingerprint density at radius 3 is 2.73 bits per heavy atom. The van der Waals surface area contributed by atoms with Crippen LogP contribution >= 0.6 is 22.9 Å². The van der Waals surface area contributed by atoms with Gasteiger partial charge in [-0.2, -0.15) is 0 Å². The third-order valence-corrected chi connectivity index (χ3v) is 6.62. The monoisotopic (exact) mass is 444 g/mol. The lowest BCUT2D eigenvalue weighted by Crippen LogP contribution is -2.40. The molecule has 1 saturated heterocycles. The first kappa shape index (κ1) is 23.3. The van der Waals surface area contributed by atoms with Crippen molar-refractivity contribution in [2.75, 3.05) is 33.2 Å². The molecule has 0 spiro atoms. The van der Waals surface area contributed by atoms with Crippen molar-refractivity contribution in [1.29, 1.82) is 0 Å². The van der Waals surface area contributed by atoms with Crippen LogP contribution in [0.4, 0.5) is 0 Å². The molecule has 0 radical (unpaired) electrons. The number of hydrogen-bond acceptors (Lipinski definition) is 4. The third-order valence-electron chi connectivity index (χ3n) is 5.38. The molecule has 1 aromatic heterocycles. The lowest BCUT2D eigenvalue weighted by molar-refractivity contribution is 0.142. The standard InChI is InChI=1S/C25H33ClN2OS/c1-25(2,29)14-12-23-10-11-24(30-23)19-27(3)17-21-5-4-15-28(18-21)16-13-20-6-8-22(26)9-7-20/h6-11,21,29H,4-5,13,15-19H2,1-3H3. The third kappa shape index (κ3) is 8.06. The van der Waals surface area contributed by atoms with Gasteiger partial charge in [0.05, 0.1) is 4.88 Å². The average Bonchev–Trinajstić information content (AvgIpc) is 3.13. The summed E-state index contributed by atoms with van der Waals surface area (Å²) in [5.74, 6) is 6.70. The molecule has 162 valence electrons. The van der Waals surface area contributed by atoms with Crippen molar-refractivity contribution in [2.45, 2.75) is 45.3 Å². The van der Waals surface area contributed by atoms with Crippen LogP contribution in [0.25, 0.3) is 0 Å². The molecule has 0 amide bonds. The fourth-order valence-electron chi connectivity index (χ4n) is 3.96. The number of hydrogen-bond donors (Lipinski definition) is 1. The van der Waals surface area contributed by atoms with Crippen LogP contribution in [-0.4, -0.2) is 53.7 Å². The number of piperidine rings is 1. The van der Waals surface area contributed by atoms with Crippen LogP contribution in [-0.2, 0) is 13.0 Å². The van der Waals surface area contributed by atoms with E-state index in [2.05, 4.69) is 53.0 Å². The quantitative estimate of drug-likeness (QED) is 0.614. The number of nitrogens with zero attached hydrogens (tertiary/aromatic N) is 2. The van der Waals surface area contributed by atoms with E-state index in [4.69, 9.17) is 11.6 Å². The molecule has 30 heavy (non-hydrogen) atoms. The van der Waals surface area contributed by atoms with Gasteiger partial charge in [0.2, 0.25) is 0 Å². The van der Waals surface area contributed by atoms with Gasteiger partial charge in [-0.25, -0.2) is 0 Å².